The molecular weight excluding hydrogens is 1990 g/mol. The van der Waals surface area contributed by atoms with E-state index in [1.165, 1.54) is 67.3 Å². The van der Waals surface area contributed by atoms with Crippen molar-refractivity contribution in [2.24, 2.45) is 0 Å². The van der Waals surface area contributed by atoms with Crippen LogP contribution in [0.25, 0.3) is 11.1 Å². The summed E-state index contributed by atoms with van der Waals surface area (Å²) in [6, 6.07) is 74.0. The van der Waals surface area contributed by atoms with Gasteiger partial charge in [0.25, 0.3) is 0 Å². The number of pyridine rings is 2. The van der Waals surface area contributed by atoms with Gasteiger partial charge in [-0.15, -0.1) is 0 Å². The van der Waals surface area contributed by atoms with Gasteiger partial charge in [-0.3, -0.25) is 4.98 Å². The molecule has 0 radical (unpaired) electrons. The van der Waals surface area contributed by atoms with Crippen molar-refractivity contribution in [2.45, 2.75) is 213 Å². The molecule has 0 amide bonds. The van der Waals surface area contributed by atoms with Crippen LogP contribution in [0.1, 0.15) is 203 Å². The zero-order valence-electron chi connectivity index (χ0n) is 71.3. The van der Waals surface area contributed by atoms with E-state index in [-0.39, 0.29) is 50.7 Å². The predicted molar refractivity (Wildman–Crippen MR) is 513 cm³/mol. The molecule has 0 bridgehead atoms. The minimum atomic E-state index is -1.89. The van der Waals surface area contributed by atoms with Gasteiger partial charge in [-0.25, -0.2) is 0 Å². The van der Waals surface area contributed by atoms with Crippen LogP contribution >= 0.6 is 75.8 Å². The molecule has 3 saturated carbocycles. The Morgan fingerprint density at radius 1 is 0.487 bits per heavy atom. The molecule has 7 nitrogen and oxygen atoms in total. The zero-order chi connectivity index (χ0) is 83.9. The van der Waals surface area contributed by atoms with Crippen molar-refractivity contribution < 1.29 is 70.8 Å². The Labute approximate surface area is 767 Å². The molecule has 4 aliphatic rings. The molecule has 0 spiro atoms. The van der Waals surface area contributed by atoms with Crippen LogP contribution in [0.2, 0.25) is 0 Å². The van der Waals surface area contributed by atoms with Gasteiger partial charge in [0.05, 0.1) is 22.7 Å². The second kappa shape index (κ2) is 56.6. The standard InChI is InChI=1S/C21H27N2.C18H15NO.C18H33P.C16H16O.C10H12O.C8H9N.C7H6.2CH3.7ClH.4Ru/c1-14-9-16(3)20(17(4)10-14)22-7-8-23(13-22)21-18(5)11-15(2)12-19(21)6;20-18(15-9-3-1-4-10-15,16-11-5-2-6-12-16)17-13-7-8-14-19-17;1-4-10-16(11-5-1)19(17-12-6-2-7-13-17)18-14-8-3-9-15-18;1-12(2)17-16-13(3)8-7-11-15(16)14-9-5-4-6-10-14;1-8(2)11-10-7-5-4-6-9(10)3;1-2-5-8-6-3-4-7-9-8;1-7-5-3-2-4-6-7;;;;;;;;;;;;;/h9-13H,7-8H2,1-6H3;1-14,20H;16-18H,1-15H2;3-12H,1-2H3;3-8H,1-2H3;1,3-4,6-7H,2,5H2;1-6H;2*1H3;7*1H;;;;/q-1;;;;;;;2*-1;;;;;;;;+1;3*+2/p-6. The number of benzene rings is 8. The number of para-hydroxylation sites is 2. The molecule has 1 N–H and O–H groups in total. The van der Waals surface area contributed by atoms with Gasteiger partial charge in [0, 0.05) is 38.6 Å². The third kappa shape index (κ3) is 35.2. The van der Waals surface area contributed by atoms with Crippen molar-refractivity contribution >= 4 is 106 Å². The average molecular weight is 2110 g/mol. The van der Waals surface area contributed by atoms with Crippen LogP contribution in [0, 0.1) is 63.1 Å². The molecule has 14 rings (SSSR count). The van der Waals surface area contributed by atoms with E-state index in [9.17, 15) is 5.11 Å². The summed E-state index contributed by atoms with van der Waals surface area (Å²) in [5, 5.41) is 11.4. The third-order valence-electron chi connectivity index (χ3n) is 20.8. The van der Waals surface area contributed by atoms with Crippen molar-refractivity contribution in [2.75, 3.05) is 22.9 Å². The number of aromatic nitrogens is 2. The van der Waals surface area contributed by atoms with Gasteiger partial charge in [-0.2, -0.15) is 6.67 Å². The molecule has 119 heavy (non-hydrogen) atoms. The van der Waals surface area contributed by atoms with Crippen molar-refractivity contribution in [3.05, 3.63) is 331 Å². The number of anilines is 2. The molecule has 19 heteroatoms. The average Bonchev–Trinajstić information content (AvgIpc) is 1.53. The molecule has 3 aliphatic carbocycles. The van der Waals surface area contributed by atoms with Crippen LogP contribution in [0.4, 0.5) is 11.4 Å². The summed E-state index contributed by atoms with van der Waals surface area (Å²) in [4.78, 5) is 13.4. The van der Waals surface area contributed by atoms with E-state index in [1.54, 1.807) is 109 Å². The number of nitrogens with zero attached hydrogens (tertiary/aromatic N) is 4. The van der Waals surface area contributed by atoms with Crippen molar-refractivity contribution in [1.29, 1.82) is 0 Å². The minimum absolute atomic E-state index is 0. The summed E-state index contributed by atoms with van der Waals surface area (Å²) in [7, 11) is 40.5. The van der Waals surface area contributed by atoms with E-state index in [4.69, 9.17) is 77.3 Å². The van der Waals surface area contributed by atoms with Crippen LogP contribution in [0.3, 0.4) is 0 Å². The van der Waals surface area contributed by atoms with Gasteiger partial charge >= 0.3 is 382 Å². The van der Waals surface area contributed by atoms with Crippen LogP contribution in [-0.4, -0.2) is 75.8 Å². The van der Waals surface area contributed by atoms with Crippen LogP contribution in [-0.2, 0) is 68.3 Å². The van der Waals surface area contributed by atoms with Crippen LogP contribution in [0.5, 0.6) is 11.5 Å². The fraction of sp³-hybridized carbons (Fsp3) is 0.350. The number of hydrogen-bond donors (Lipinski definition) is 1. The van der Waals surface area contributed by atoms with E-state index >= 15 is 0 Å². The van der Waals surface area contributed by atoms with E-state index in [0.29, 0.717) is 5.69 Å². The first-order valence-corrected chi connectivity index (χ1v) is 62.2. The Balaban J connectivity index is 0.000000218. The molecule has 0 unspecified atom stereocenters. The SMILES string of the molecule is C1CCC([PH+](C2CCCCC2)C2CCCCC2)CC1.CC(C)Oc1c([CH]=[Ru]([Cl])[Cl])cccc1-c1ccccc1.CC(C)Oc1ccccc1[CH]=[Ru]([Cl])[Cl].Cc1cc(C)c(N2[CH-]N(c3c(C)cc(C)cc3C)CC2)c(C)c1.OC(c1ccccc1)(c1ccccc1)c1ccccn1.[CH3-].[CH3-].[Cl][Ru]([Cl])=[CH]CCc1ccccn1.[Cl][Ru]=[CH]c1ccccc1. The molecule has 0 atom stereocenters. The Morgan fingerprint density at radius 3 is 1.32 bits per heavy atom. The van der Waals surface area contributed by atoms with Gasteiger partial charge < -0.3 is 29.8 Å². The quantitative estimate of drug-likeness (QED) is 0.0491. The maximum atomic E-state index is 11.4. The summed E-state index contributed by atoms with van der Waals surface area (Å²) in [5.41, 5.74) is 22.0. The molecule has 651 valence electrons. The number of halogens is 7. The van der Waals surface area contributed by atoms with E-state index in [0.717, 1.165) is 76.5 Å². The Morgan fingerprint density at radius 2 is 0.899 bits per heavy atom. The molecule has 4 fully saturated rings. The number of hydrogen-bond acceptors (Lipinski definition) is 7. The summed E-state index contributed by atoms with van der Waals surface area (Å²) < 4.78 is 19.5. The molecular formula is C100H125Cl7N4O3PRu4-2. The zero-order valence-corrected chi connectivity index (χ0v) is 84.6. The Kier molecular flexibility index (Phi) is 49.2. The van der Waals surface area contributed by atoms with Gasteiger partial charge in [-0.1, -0.05) is 121 Å². The molecule has 1 aliphatic heterocycles. The summed E-state index contributed by atoms with van der Waals surface area (Å²) >= 11 is -5.29. The van der Waals surface area contributed by atoms with Gasteiger partial charge in [0.15, 0.2) is 5.60 Å². The second-order valence-electron chi connectivity index (χ2n) is 30.5. The van der Waals surface area contributed by atoms with Crippen molar-refractivity contribution in [3.8, 4) is 22.6 Å². The summed E-state index contributed by atoms with van der Waals surface area (Å²) in [5.74, 6) is 1.70. The van der Waals surface area contributed by atoms with Gasteiger partial charge in [0.1, 0.15) is 0 Å². The third-order valence-corrected chi connectivity index (χ3v) is 32.6. The van der Waals surface area contributed by atoms with Crippen molar-refractivity contribution in [1.82, 2.24) is 9.97 Å². The first-order chi connectivity index (χ1) is 56.5. The molecule has 3 heterocycles. The van der Waals surface area contributed by atoms with E-state index in [1.807, 2.05) is 211 Å². The second-order valence-corrected chi connectivity index (χ2v) is 53.2. The van der Waals surface area contributed by atoms with Crippen LogP contribution < -0.4 is 19.3 Å². The Hall–Kier alpha value is -4.35. The first kappa shape index (κ1) is 103. The normalized spacial score (nSPS) is 14.5. The fourth-order valence-corrected chi connectivity index (χ4v) is 27.6. The molecule has 1 saturated heterocycles. The summed E-state index contributed by atoms with van der Waals surface area (Å²) in [6.07, 6.45) is 29.4. The molecule has 2 aromatic heterocycles. The summed E-state index contributed by atoms with van der Waals surface area (Å²) in [6.45, 7) is 25.6. The number of rotatable bonds is 19. The number of aryl methyl sites for hydroxylation is 7. The monoisotopic (exact) mass is 2110 g/mol. The number of aliphatic hydroxyl groups is 1. The predicted octanol–water partition coefficient (Wildman–Crippen LogP) is 29.0. The van der Waals surface area contributed by atoms with Gasteiger partial charge in [-0.05, 0) is 164 Å². The number of ether oxygens (including phenoxy) is 2. The van der Waals surface area contributed by atoms with Crippen LogP contribution in [0.15, 0.2) is 237 Å². The first-order valence-electron chi connectivity index (χ1n) is 40.8. The topological polar surface area (TPSA) is 71.0 Å². The Bertz CT molecular complexity index is 4410. The molecule has 8 aromatic carbocycles. The van der Waals surface area contributed by atoms with E-state index in [2.05, 4.69) is 127 Å². The van der Waals surface area contributed by atoms with Gasteiger partial charge in [0.2, 0.25) is 0 Å². The fourth-order valence-electron chi connectivity index (χ4n) is 16.1. The van der Waals surface area contributed by atoms with E-state index < -0.39 is 46.2 Å². The maximum absolute atomic E-state index is 11.4. The van der Waals surface area contributed by atoms with Crippen molar-refractivity contribution in [3.63, 3.8) is 0 Å². The molecule has 10 aromatic rings.